The molecule has 1 saturated heterocycles. The van der Waals surface area contributed by atoms with Crippen molar-refractivity contribution in [3.05, 3.63) is 72.0 Å². The average molecular weight is 520 g/mol. The van der Waals surface area contributed by atoms with E-state index in [4.69, 9.17) is 4.74 Å². The molecule has 9 heteroatoms. The zero-order valence-electron chi connectivity index (χ0n) is 22.1. The lowest BCUT2D eigenvalue weighted by atomic mass is 10.1. The summed E-state index contributed by atoms with van der Waals surface area (Å²) in [7, 11) is 1.63. The van der Waals surface area contributed by atoms with Crippen molar-refractivity contribution in [2.45, 2.75) is 32.7 Å². The number of aromatic nitrogens is 2. The van der Waals surface area contributed by atoms with E-state index in [0.29, 0.717) is 26.1 Å². The number of ether oxygens (including phenoxy) is 1. The molecule has 2 amide bonds. The minimum Gasteiger partial charge on any atom is -0.497 e. The van der Waals surface area contributed by atoms with Crippen molar-refractivity contribution in [3.8, 4) is 17.0 Å². The van der Waals surface area contributed by atoms with Crippen molar-refractivity contribution in [3.63, 3.8) is 0 Å². The van der Waals surface area contributed by atoms with E-state index < -0.39 is 11.7 Å². The number of hydrogen-bond acceptors (Lipinski definition) is 6. The molecule has 8 nitrogen and oxygen atoms in total. The molecule has 1 aliphatic heterocycles. The standard InChI is InChI=1S/C29H34FN5O3/c1-4-21(2)35(29(37)24-8-5-6-9-25(24)30)20-28(36)34-17-7-16-33(18-19-34)27-15-14-26(31-32-27)22-10-12-23(38-3)13-11-22/h5-6,8-15,21H,4,7,16-20H2,1-3H3/t21-/m1/s1. The Morgan fingerprint density at radius 2 is 1.76 bits per heavy atom. The highest BCUT2D eigenvalue weighted by molar-refractivity contribution is 5.97. The molecule has 38 heavy (non-hydrogen) atoms. The Kier molecular flexibility index (Phi) is 8.89. The Hall–Kier alpha value is -4.01. The van der Waals surface area contributed by atoms with Crippen LogP contribution in [-0.4, -0.2) is 77.7 Å². The second-order valence-corrected chi connectivity index (χ2v) is 9.40. The second kappa shape index (κ2) is 12.5. The lowest BCUT2D eigenvalue weighted by Gasteiger charge is -2.31. The molecule has 0 aliphatic carbocycles. The van der Waals surface area contributed by atoms with Crippen molar-refractivity contribution in [2.75, 3.05) is 44.7 Å². The third-order valence-corrected chi connectivity index (χ3v) is 7.00. The molecule has 0 N–H and O–H groups in total. The zero-order valence-corrected chi connectivity index (χ0v) is 22.1. The lowest BCUT2D eigenvalue weighted by Crippen LogP contribution is -2.47. The summed E-state index contributed by atoms with van der Waals surface area (Å²) in [5.41, 5.74) is 1.71. The smallest absolute Gasteiger partial charge is 0.257 e. The quantitative estimate of drug-likeness (QED) is 0.442. The highest BCUT2D eigenvalue weighted by Crippen LogP contribution is 2.22. The number of carbonyl (C=O) groups excluding carboxylic acids is 2. The molecule has 1 atom stereocenters. The van der Waals surface area contributed by atoms with Crippen molar-refractivity contribution in [1.29, 1.82) is 0 Å². The maximum atomic E-state index is 14.3. The first kappa shape index (κ1) is 27.0. The average Bonchev–Trinajstić information content (AvgIpc) is 3.22. The molecule has 2 heterocycles. The summed E-state index contributed by atoms with van der Waals surface area (Å²) in [5.74, 6) is 0.355. The fraction of sp³-hybridized carbons (Fsp3) is 0.379. The van der Waals surface area contributed by atoms with E-state index in [0.717, 1.165) is 35.8 Å². The summed E-state index contributed by atoms with van der Waals surface area (Å²) >= 11 is 0. The Bertz CT molecular complexity index is 1240. The molecule has 0 radical (unpaired) electrons. The van der Waals surface area contributed by atoms with Crippen LogP contribution in [0.25, 0.3) is 11.3 Å². The summed E-state index contributed by atoms with van der Waals surface area (Å²) in [5, 5.41) is 8.83. The van der Waals surface area contributed by atoms with Gasteiger partial charge in [0.15, 0.2) is 5.82 Å². The minimum absolute atomic E-state index is 0.0145. The SMILES string of the molecule is CC[C@@H](C)N(CC(=O)N1CCCN(c2ccc(-c3ccc(OC)cc3)nn2)CC1)C(=O)c1ccccc1F. The topological polar surface area (TPSA) is 78.9 Å². The summed E-state index contributed by atoms with van der Waals surface area (Å²) in [4.78, 5) is 31.8. The molecule has 0 unspecified atom stereocenters. The first-order valence-electron chi connectivity index (χ1n) is 13.0. The zero-order chi connectivity index (χ0) is 27.1. The number of rotatable bonds is 8. The van der Waals surface area contributed by atoms with Gasteiger partial charge in [-0.3, -0.25) is 9.59 Å². The van der Waals surface area contributed by atoms with Gasteiger partial charge in [0.25, 0.3) is 5.91 Å². The highest BCUT2D eigenvalue weighted by atomic mass is 19.1. The first-order valence-corrected chi connectivity index (χ1v) is 13.0. The van der Waals surface area contributed by atoms with Gasteiger partial charge in [-0.05, 0) is 68.3 Å². The predicted octanol–water partition coefficient (Wildman–Crippen LogP) is 4.27. The first-order chi connectivity index (χ1) is 18.4. The molecular formula is C29H34FN5O3. The fourth-order valence-corrected chi connectivity index (χ4v) is 4.49. The van der Waals surface area contributed by atoms with Crippen molar-refractivity contribution in [1.82, 2.24) is 20.0 Å². The van der Waals surface area contributed by atoms with Gasteiger partial charge in [-0.25, -0.2) is 4.39 Å². The number of carbonyl (C=O) groups is 2. The van der Waals surface area contributed by atoms with Crippen LogP contribution in [-0.2, 0) is 4.79 Å². The Balaban J connectivity index is 1.39. The minimum atomic E-state index is -0.581. The van der Waals surface area contributed by atoms with E-state index >= 15 is 0 Å². The third kappa shape index (κ3) is 6.27. The molecule has 2 aromatic carbocycles. The molecule has 4 rings (SSSR count). The maximum Gasteiger partial charge on any atom is 0.257 e. The molecule has 0 bridgehead atoms. The molecule has 0 saturated carbocycles. The van der Waals surface area contributed by atoms with Crippen LogP contribution in [0.15, 0.2) is 60.7 Å². The largest absolute Gasteiger partial charge is 0.497 e. The van der Waals surface area contributed by atoms with Crippen molar-refractivity contribution in [2.24, 2.45) is 0 Å². The number of nitrogens with zero attached hydrogens (tertiary/aromatic N) is 5. The molecule has 1 aromatic heterocycles. The third-order valence-electron chi connectivity index (χ3n) is 7.00. The van der Waals surface area contributed by atoms with Crippen molar-refractivity contribution >= 4 is 17.6 Å². The van der Waals surface area contributed by atoms with Gasteiger partial charge < -0.3 is 19.4 Å². The number of hydrogen-bond donors (Lipinski definition) is 0. The highest BCUT2D eigenvalue weighted by Gasteiger charge is 2.28. The number of benzene rings is 2. The Morgan fingerprint density at radius 3 is 2.42 bits per heavy atom. The Labute approximate surface area is 223 Å². The fourth-order valence-electron chi connectivity index (χ4n) is 4.49. The van der Waals surface area contributed by atoms with Crippen LogP contribution in [0.5, 0.6) is 5.75 Å². The van der Waals surface area contributed by atoms with Gasteiger partial charge in [0, 0.05) is 37.8 Å². The summed E-state index contributed by atoms with van der Waals surface area (Å²) < 4.78 is 19.5. The number of halogens is 1. The van der Waals surface area contributed by atoms with E-state index in [2.05, 4.69) is 15.1 Å². The van der Waals surface area contributed by atoms with E-state index in [1.807, 2.05) is 50.2 Å². The van der Waals surface area contributed by atoms with Crippen LogP contribution >= 0.6 is 0 Å². The monoisotopic (exact) mass is 519 g/mol. The number of amides is 2. The van der Waals surface area contributed by atoms with Gasteiger partial charge in [0.2, 0.25) is 5.91 Å². The molecule has 0 spiro atoms. The van der Waals surface area contributed by atoms with Gasteiger partial charge in [-0.1, -0.05) is 19.1 Å². The van der Waals surface area contributed by atoms with E-state index in [-0.39, 0.29) is 24.1 Å². The maximum absolute atomic E-state index is 14.3. The Morgan fingerprint density at radius 1 is 1.00 bits per heavy atom. The molecule has 3 aromatic rings. The molecular weight excluding hydrogens is 485 g/mol. The van der Waals surface area contributed by atoms with Gasteiger partial charge in [0.1, 0.15) is 18.1 Å². The predicted molar refractivity (Wildman–Crippen MR) is 145 cm³/mol. The summed E-state index contributed by atoms with van der Waals surface area (Å²) in [6.07, 6.45) is 1.42. The normalized spacial score (nSPS) is 14.5. The van der Waals surface area contributed by atoms with Crippen LogP contribution < -0.4 is 9.64 Å². The van der Waals surface area contributed by atoms with Crippen LogP contribution in [0, 0.1) is 5.82 Å². The second-order valence-electron chi connectivity index (χ2n) is 9.40. The van der Waals surface area contributed by atoms with Crippen LogP contribution in [0.3, 0.4) is 0 Å². The van der Waals surface area contributed by atoms with E-state index in [1.54, 1.807) is 24.1 Å². The number of methoxy groups -OCH3 is 1. The molecule has 1 fully saturated rings. The number of anilines is 1. The van der Waals surface area contributed by atoms with E-state index in [1.165, 1.54) is 17.0 Å². The van der Waals surface area contributed by atoms with Gasteiger partial charge in [0.05, 0.1) is 18.4 Å². The lowest BCUT2D eigenvalue weighted by molar-refractivity contribution is -0.132. The molecule has 200 valence electrons. The van der Waals surface area contributed by atoms with Crippen LogP contribution in [0.2, 0.25) is 0 Å². The van der Waals surface area contributed by atoms with Crippen LogP contribution in [0.4, 0.5) is 10.2 Å². The van der Waals surface area contributed by atoms with Crippen molar-refractivity contribution < 1.29 is 18.7 Å². The van der Waals surface area contributed by atoms with Gasteiger partial charge in [-0.15, -0.1) is 10.2 Å². The van der Waals surface area contributed by atoms with Crippen LogP contribution in [0.1, 0.15) is 37.0 Å². The van der Waals surface area contributed by atoms with Gasteiger partial charge >= 0.3 is 0 Å². The van der Waals surface area contributed by atoms with Gasteiger partial charge in [-0.2, -0.15) is 0 Å². The summed E-state index contributed by atoms with van der Waals surface area (Å²) in [6.45, 7) is 6.17. The summed E-state index contributed by atoms with van der Waals surface area (Å²) in [6, 6.07) is 17.2. The molecule has 1 aliphatic rings. The van der Waals surface area contributed by atoms with E-state index in [9.17, 15) is 14.0 Å².